The Bertz CT molecular complexity index is 376. The van der Waals surface area contributed by atoms with E-state index in [9.17, 15) is 0 Å². The normalized spacial score (nSPS) is 13.6. The predicted molar refractivity (Wildman–Crippen MR) is 61.3 cm³/mol. The Labute approximate surface area is 92.5 Å². The smallest absolute Gasteiger partial charge is 0.193 e. The maximum absolute atomic E-state index is 5.88. The van der Waals surface area contributed by atoms with E-state index in [-0.39, 0.29) is 5.38 Å². The number of aryl methyl sites for hydroxylation is 1. The molecule has 14 heavy (non-hydrogen) atoms. The summed E-state index contributed by atoms with van der Waals surface area (Å²) < 4.78 is 2.07. The number of imidazole rings is 1. The van der Waals surface area contributed by atoms with E-state index in [0.717, 1.165) is 24.2 Å². The third kappa shape index (κ3) is 2.28. The first kappa shape index (κ1) is 9.99. The van der Waals surface area contributed by atoms with E-state index in [4.69, 9.17) is 11.6 Å². The summed E-state index contributed by atoms with van der Waals surface area (Å²) in [4.78, 5) is 5.59. The van der Waals surface area contributed by atoms with Crippen molar-refractivity contribution >= 4 is 27.9 Å². The van der Waals surface area contributed by atoms with Crippen LogP contribution in [-0.4, -0.2) is 14.8 Å². The van der Waals surface area contributed by atoms with E-state index >= 15 is 0 Å². The standard InChI is InChI=1S/C10H13ClN2S/c1-8(11)3-2-4-9-7-13-5-6-14-10(13)12-9/h5-8H,2-4H2,1H3. The van der Waals surface area contributed by atoms with Gasteiger partial charge in [-0.15, -0.1) is 22.9 Å². The number of hydrogen-bond donors (Lipinski definition) is 0. The molecule has 0 N–H and O–H groups in total. The molecule has 0 fully saturated rings. The number of fused-ring (bicyclic) bond motifs is 1. The van der Waals surface area contributed by atoms with Crippen LogP contribution in [-0.2, 0) is 6.42 Å². The van der Waals surface area contributed by atoms with Gasteiger partial charge in [-0.05, 0) is 26.2 Å². The quantitative estimate of drug-likeness (QED) is 0.734. The highest BCUT2D eigenvalue weighted by Crippen LogP contribution is 2.14. The molecule has 0 aliphatic carbocycles. The molecule has 2 heterocycles. The number of nitrogens with zero attached hydrogens (tertiary/aromatic N) is 2. The number of thiazole rings is 1. The first-order valence-electron chi connectivity index (χ1n) is 4.81. The molecule has 0 saturated heterocycles. The summed E-state index contributed by atoms with van der Waals surface area (Å²) in [7, 11) is 0. The second-order valence-electron chi connectivity index (χ2n) is 3.50. The van der Waals surface area contributed by atoms with Crippen LogP contribution < -0.4 is 0 Å². The molecular formula is C10H13ClN2S. The molecule has 0 saturated carbocycles. The van der Waals surface area contributed by atoms with Gasteiger partial charge in [-0.2, -0.15) is 0 Å². The van der Waals surface area contributed by atoms with Gasteiger partial charge in [0.15, 0.2) is 4.96 Å². The molecule has 0 aromatic carbocycles. The van der Waals surface area contributed by atoms with Crippen LogP contribution in [0.1, 0.15) is 25.5 Å². The van der Waals surface area contributed by atoms with E-state index in [1.54, 1.807) is 11.3 Å². The monoisotopic (exact) mass is 228 g/mol. The van der Waals surface area contributed by atoms with Gasteiger partial charge >= 0.3 is 0 Å². The first-order chi connectivity index (χ1) is 6.75. The van der Waals surface area contributed by atoms with Gasteiger partial charge in [0.1, 0.15) is 0 Å². The highest BCUT2D eigenvalue weighted by Gasteiger charge is 2.03. The molecule has 0 spiro atoms. The summed E-state index contributed by atoms with van der Waals surface area (Å²) in [5.41, 5.74) is 1.18. The van der Waals surface area contributed by atoms with Gasteiger partial charge in [-0.3, -0.25) is 4.40 Å². The fraction of sp³-hybridized carbons (Fsp3) is 0.500. The Morgan fingerprint density at radius 1 is 1.64 bits per heavy atom. The maximum atomic E-state index is 5.88. The van der Waals surface area contributed by atoms with Crippen molar-refractivity contribution in [3.8, 4) is 0 Å². The number of halogens is 1. The highest BCUT2D eigenvalue weighted by atomic mass is 35.5. The number of alkyl halides is 1. The molecule has 0 aliphatic rings. The van der Waals surface area contributed by atoms with E-state index in [0.29, 0.717) is 0 Å². The van der Waals surface area contributed by atoms with Crippen molar-refractivity contribution in [2.45, 2.75) is 31.6 Å². The highest BCUT2D eigenvalue weighted by molar-refractivity contribution is 7.15. The van der Waals surface area contributed by atoms with Gasteiger partial charge in [0, 0.05) is 23.2 Å². The topological polar surface area (TPSA) is 17.3 Å². The van der Waals surface area contributed by atoms with Crippen LogP contribution in [0, 0.1) is 0 Å². The molecule has 0 bridgehead atoms. The van der Waals surface area contributed by atoms with E-state index in [1.165, 1.54) is 5.69 Å². The average molecular weight is 229 g/mol. The van der Waals surface area contributed by atoms with Crippen molar-refractivity contribution < 1.29 is 0 Å². The fourth-order valence-electron chi connectivity index (χ4n) is 1.46. The molecule has 1 unspecified atom stereocenters. The summed E-state index contributed by atoms with van der Waals surface area (Å²) in [5.74, 6) is 0. The minimum atomic E-state index is 0.277. The predicted octanol–water partition coefficient (Wildman–Crippen LogP) is 3.35. The Morgan fingerprint density at radius 2 is 2.50 bits per heavy atom. The molecule has 0 amide bonds. The number of aromatic nitrogens is 2. The zero-order valence-electron chi connectivity index (χ0n) is 8.11. The fourth-order valence-corrected chi connectivity index (χ4v) is 2.33. The molecule has 0 aliphatic heterocycles. The molecular weight excluding hydrogens is 216 g/mol. The molecule has 2 nitrogen and oxygen atoms in total. The molecule has 2 aromatic rings. The van der Waals surface area contributed by atoms with Crippen molar-refractivity contribution in [1.82, 2.24) is 9.38 Å². The van der Waals surface area contributed by atoms with Crippen molar-refractivity contribution in [1.29, 1.82) is 0 Å². The van der Waals surface area contributed by atoms with Crippen LogP contribution in [0.5, 0.6) is 0 Å². The van der Waals surface area contributed by atoms with Crippen LogP contribution in [0.2, 0.25) is 0 Å². The Hall–Kier alpha value is -0.540. The summed E-state index contributed by atoms with van der Waals surface area (Å²) in [5, 5.41) is 2.33. The van der Waals surface area contributed by atoms with Crippen molar-refractivity contribution in [3.05, 3.63) is 23.5 Å². The SMILES string of the molecule is CC(Cl)CCCc1cn2ccsc2n1. The Kier molecular flexibility index (Phi) is 3.08. The van der Waals surface area contributed by atoms with Crippen LogP contribution in [0.25, 0.3) is 4.96 Å². The van der Waals surface area contributed by atoms with Gasteiger partial charge in [0.2, 0.25) is 0 Å². The van der Waals surface area contributed by atoms with Crippen molar-refractivity contribution in [3.63, 3.8) is 0 Å². The third-order valence-electron chi connectivity index (χ3n) is 2.18. The Morgan fingerprint density at radius 3 is 3.21 bits per heavy atom. The minimum Gasteiger partial charge on any atom is -0.297 e. The van der Waals surface area contributed by atoms with Crippen LogP contribution in [0.15, 0.2) is 17.8 Å². The lowest BCUT2D eigenvalue weighted by molar-refractivity contribution is 0.716. The Balaban J connectivity index is 1.95. The summed E-state index contributed by atoms with van der Waals surface area (Å²) >= 11 is 7.55. The van der Waals surface area contributed by atoms with Crippen molar-refractivity contribution in [2.24, 2.45) is 0 Å². The van der Waals surface area contributed by atoms with Crippen LogP contribution >= 0.6 is 22.9 Å². The molecule has 4 heteroatoms. The van der Waals surface area contributed by atoms with Gasteiger partial charge in [0.05, 0.1) is 5.69 Å². The summed E-state index contributed by atoms with van der Waals surface area (Å²) in [6.07, 6.45) is 7.36. The zero-order chi connectivity index (χ0) is 9.97. The number of rotatable bonds is 4. The lowest BCUT2D eigenvalue weighted by atomic mass is 10.2. The molecule has 1 atom stereocenters. The lowest BCUT2D eigenvalue weighted by Crippen LogP contribution is -1.93. The maximum Gasteiger partial charge on any atom is 0.193 e. The first-order valence-corrected chi connectivity index (χ1v) is 6.12. The van der Waals surface area contributed by atoms with Gasteiger partial charge < -0.3 is 0 Å². The van der Waals surface area contributed by atoms with Gasteiger partial charge in [0.25, 0.3) is 0 Å². The van der Waals surface area contributed by atoms with E-state index in [2.05, 4.69) is 15.6 Å². The van der Waals surface area contributed by atoms with Gasteiger partial charge in [-0.1, -0.05) is 0 Å². The van der Waals surface area contributed by atoms with E-state index < -0.39 is 0 Å². The second kappa shape index (κ2) is 4.32. The summed E-state index contributed by atoms with van der Waals surface area (Å²) in [6.45, 7) is 2.04. The van der Waals surface area contributed by atoms with Crippen LogP contribution in [0.3, 0.4) is 0 Å². The lowest BCUT2D eigenvalue weighted by Gasteiger charge is -1.99. The van der Waals surface area contributed by atoms with E-state index in [1.807, 2.05) is 18.5 Å². The van der Waals surface area contributed by atoms with Crippen molar-refractivity contribution in [2.75, 3.05) is 0 Å². The molecule has 2 rings (SSSR count). The molecule has 0 radical (unpaired) electrons. The number of hydrogen-bond acceptors (Lipinski definition) is 2. The average Bonchev–Trinajstić information content (AvgIpc) is 2.62. The largest absolute Gasteiger partial charge is 0.297 e. The zero-order valence-corrected chi connectivity index (χ0v) is 9.68. The third-order valence-corrected chi connectivity index (χ3v) is 3.17. The van der Waals surface area contributed by atoms with Crippen LogP contribution in [0.4, 0.5) is 0 Å². The molecule has 2 aromatic heterocycles. The minimum absolute atomic E-state index is 0.277. The van der Waals surface area contributed by atoms with Gasteiger partial charge in [-0.25, -0.2) is 4.98 Å². The molecule has 76 valence electrons. The second-order valence-corrected chi connectivity index (χ2v) is 5.12. The summed E-state index contributed by atoms with van der Waals surface area (Å²) in [6, 6.07) is 0.